The molecule has 1 aliphatic rings. The average Bonchev–Trinajstić information content (AvgIpc) is 3.44. The van der Waals surface area contributed by atoms with E-state index in [-0.39, 0.29) is 17.9 Å². The van der Waals surface area contributed by atoms with Crippen LogP contribution in [0, 0.1) is 0 Å². The summed E-state index contributed by atoms with van der Waals surface area (Å²) in [6, 6.07) is 13.1. The third-order valence-electron chi connectivity index (χ3n) is 6.30. The Hall–Kier alpha value is -2.85. The first kappa shape index (κ1) is 23.9. The number of methoxy groups -OCH3 is 1. The van der Waals surface area contributed by atoms with Crippen molar-refractivity contribution in [2.24, 2.45) is 0 Å². The molecule has 10 heteroatoms. The standard InChI is InChI=1S/C25H25BrClN5O3/c1-35-25(34)21-13-32(8-6-28-21)9-7-29-24(33)22-17-4-2-15(26)12-19(17)31-23(22)20-11-14-10-16(27)3-5-18(14)30-20/h2-5,10-12,21,28,30-31H,6-9,13H2,1H3,(H,29,33)/t21-/m0/s1. The number of aromatic amines is 2. The molecule has 0 saturated carbocycles. The molecule has 1 amide bonds. The van der Waals surface area contributed by atoms with Crippen molar-refractivity contribution in [1.82, 2.24) is 25.5 Å². The number of carbonyl (C=O) groups excluding carboxylic acids is 2. The van der Waals surface area contributed by atoms with Crippen LogP contribution < -0.4 is 10.6 Å². The van der Waals surface area contributed by atoms with E-state index in [1.807, 2.05) is 42.5 Å². The number of ether oxygens (including phenoxy) is 1. The summed E-state index contributed by atoms with van der Waals surface area (Å²) in [4.78, 5) is 34.3. The van der Waals surface area contributed by atoms with E-state index >= 15 is 0 Å². The van der Waals surface area contributed by atoms with E-state index in [9.17, 15) is 9.59 Å². The molecule has 1 aliphatic heterocycles. The summed E-state index contributed by atoms with van der Waals surface area (Å²) < 4.78 is 5.77. The van der Waals surface area contributed by atoms with Crippen molar-refractivity contribution in [3.05, 3.63) is 57.5 Å². The summed E-state index contributed by atoms with van der Waals surface area (Å²) in [6.45, 7) is 3.13. The minimum atomic E-state index is -0.348. The fourth-order valence-electron chi connectivity index (χ4n) is 4.58. The smallest absolute Gasteiger partial charge is 0.324 e. The van der Waals surface area contributed by atoms with Crippen LogP contribution in [-0.2, 0) is 9.53 Å². The molecule has 2 aromatic carbocycles. The third-order valence-corrected chi connectivity index (χ3v) is 7.03. The first-order valence-electron chi connectivity index (χ1n) is 11.3. The van der Waals surface area contributed by atoms with Gasteiger partial charge in [-0.2, -0.15) is 0 Å². The number of benzene rings is 2. The van der Waals surface area contributed by atoms with Crippen LogP contribution in [0.1, 0.15) is 10.4 Å². The van der Waals surface area contributed by atoms with Crippen LogP contribution in [0.4, 0.5) is 0 Å². The lowest BCUT2D eigenvalue weighted by atomic mass is 10.1. The second-order valence-corrected chi connectivity index (χ2v) is 9.92. The van der Waals surface area contributed by atoms with Gasteiger partial charge in [-0.25, -0.2) is 0 Å². The van der Waals surface area contributed by atoms with Gasteiger partial charge in [-0.3, -0.25) is 14.5 Å². The summed E-state index contributed by atoms with van der Waals surface area (Å²) in [5, 5.41) is 8.69. The van der Waals surface area contributed by atoms with Crippen molar-refractivity contribution in [3.8, 4) is 11.4 Å². The number of nitrogens with zero attached hydrogens (tertiary/aromatic N) is 1. The van der Waals surface area contributed by atoms with Gasteiger partial charge < -0.3 is 25.3 Å². The number of piperazine rings is 1. The molecule has 0 bridgehead atoms. The lowest BCUT2D eigenvalue weighted by molar-refractivity contribution is -0.144. The molecule has 0 radical (unpaired) electrons. The molecule has 0 unspecified atom stereocenters. The van der Waals surface area contributed by atoms with Gasteiger partial charge >= 0.3 is 5.97 Å². The van der Waals surface area contributed by atoms with Crippen LogP contribution in [-0.4, -0.2) is 72.6 Å². The van der Waals surface area contributed by atoms with Crippen molar-refractivity contribution in [2.75, 3.05) is 39.8 Å². The van der Waals surface area contributed by atoms with Gasteiger partial charge in [-0.1, -0.05) is 33.6 Å². The molecule has 4 aromatic rings. The highest BCUT2D eigenvalue weighted by Gasteiger charge is 2.26. The van der Waals surface area contributed by atoms with Gasteiger partial charge in [0, 0.05) is 64.0 Å². The van der Waals surface area contributed by atoms with Crippen LogP contribution in [0.2, 0.25) is 5.02 Å². The minimum absolute atomic E-state index is 0.162. The first-order valence-corrected chi connectivity index (χ1v) is 12.5. The van der Waals surface area contributed by atoms with Gasteiger partial charge in [-0.15, -0.1) is 0 Å². The number of esters is 1. The topological polar surface area (TPSA) is 102 Å². The molecular formula is C25H25BrClN5O3. The first-order chi connectivity index (χ1) is 16.9. The molecule has 0 aliphatic carbocycles. The maximum absolute atomic E-state index is 13.4. The Kier molecular flexibility index (Phi) is 6.84. The van der Waals surface area contributed by atoms with E-state index in [4.69, 9.17) is 16.3 Å². The highest BCUT2D eigenvalue weighted by Crippen LogP contribution is 2.33. The molecule has 1 fully saturated rings. The Morgan fingerprint density at radius 2 is 2.03 bits per heavy atom. The molecule has 35 heavy (non-hydrogen) atoms. The summed E-state index contributed by atoms with van der Waals surface area (Å²) in [7, 11) is 1.39. The maximum atomic E-state index is 13.4. The minimum Gasteiger partial charge on any atom is -0.468 e. The number of nitrogens with one attached hydrogen (secondary N) is 4. The Balaban J connectivity index is 1.38. The number of halogens is 2. The van der Waals surface area contributed by atoms with Crippen molar-refractivity contribution in [1.29, 1.82) is 0 Å². The van der Waals surface area contributed by atoms with Crippen LogP contribution >= 0.6 is 27.5 Å². The van der Waals surface area contributed by atoms with Gasteiger partial charge in [-0.05, 0) is 36.4 Å². The zero-order valence-corrected chi connectivity index (χ0v) is 21.4. The second-order valence-electron chi connectivity index (χ2n) is 8.57. The van der Waals surface area contributed by atoms with Crippen molar-refractivity contribution >= 4 is 61.2 Å². The van der Waals surface area contributed by atoms with Crippen LogP contribution in [0.15, 0.2) is 46.9 Å². The monoisotopic (exact) mass is 557 g/mol. The van der Waals surface area contributed by atoms with Gasteiger partial charge in [0.2, 0.25) is 0 Å². The van der Waals surface area contributed by atoms with Gasteiger partial charge in [0.15, 0.2) is 0 Å². The fraction of sp³-hybridized carbons (Fsp3) is 0.280. The van der Waals surface area contributed by atoms with Gasteiger partial charge in [0.05, 0.1) is 24.1 Å². The lowest BCUT2D eigenvalue weighted by Gasteiger charge is -2.32. The molecule has 1 saturated heterocycles. The number of aromatic nitrogens is 2. The second kappa shape index (κ2) is 10.0. The van der Waals surface area contributed by atoms with Gasteiger partial charge in [0.1, 0.15) is 6.04 Å². The molecule has 8 nitrogen and oxygen atoms in total. The van der Waals surface area contributed by atoms with E-state index in [1.54, 1.807) is 0 Å². The zero-order valence-electron chi connectivity index (χ0n) is 19.1. The predicted molar refractivity (Wildman–Crippen MR) is 141 cm³/mol. The van der Waals surface area contributed by atoms with Crippen molar-refractivity contribution < 1.29 is 14.3 Å². The van der Waals surface area contributed by atoms with Crippen LogP contribution in [0.25, 0.3) is 33.2 Å². The lowest BCUT2D eigenvalue weighted by Crippen LogP contribution is -2.55. The summed E-state index contributed by atoms with van der Waals surface area (Å²) in [6.07, 6.45) is 0. The molecule has 5 rings (SSSR count). The molecule has 182 valence electrons. The maximum Gasteiger partial charge on any atom is 0.324 e. The molecule has 0 spiro atoms. The number of hydrogen-bond donors (Lipinski definition) is 4. The Bertz CT molecular complexity index is 1420. The van der Waals surface area contributed by atoms with Crippen molar-refractivity contribution in [2.45, 2.75) is 6.04 Å². The highest BCUT2D eigenvalue weighted by atomic mass is 79.9. The molecule has 4 N–H and O–H groups in total. The normalized spacial score (nSPS) is 16.6. The van der Waals surface area contributed by atoms with E-state index in [1.165, 1.54) is 7.11 Å². The van der Waals surface area contributed by atoms with Crippen LogP contribution in [0.3, 0.4) is 0 Å². The molecule has 1 atom stereocenters. The number of carbonyl (C=O) groups is 2. The number of hydrogen-bond acceptors (Lipinski definition) is 5. The molecular weight excluding hydrogens is 534 g/mol. The Labute approximate surface area is 215 Å². The number of rotatable bonds is 6. The predicted octanol–water partition coefficient (Wildman–Crippen LogP) is 3.91. The summed E-state index contributed by atoms with van der Waals surface area (Å²) >= 11 is 9.68. The molecule has 2 aromatic heterocycles. The van der Waals surface area contributed by atoms with E-state index in [0.717, 1.165) is 44.2 Å². The SMILES string of the molecule is COC(=O)[C@@H]1CN(CCNC(=O)c2c(-c3cc4cc(Cl)ccc4[nH]3)[nH]c3cc(Br)ccc23)CCN1. The number of amides is 1. The van der Waals surface area contributed by atoms with Crippen molar-refractivity contribution in [3.63, 3.8) is 0 Å². The molecule has 3 heterocycles. The van der Waals surface area contributed by atoms with E-state index in [0.29, 0.717) is 36.8 Å². The number of fused-ring (bicyclic) bond motifs is 2. The van der Waals surface area contributed by atoms with E-state index < -0.39 is 0 Å². The fourth-order valence-corrected chi connectivity index (χ4v) is 5.12. The highest BCUT2D eigenvalue weighted by molar-refractivity contribution is 9.10. The quantitative estimate of drug-likeness (QED) is 0.269. The van der Waals surface area contributed by atoms with E-state index in [2.05, 4.69) is 41.4 Å². The zero-order chi connectivity index (χ0) is 24.5. The average molecular weight is 559 g/mol. The van der Waals surface area contributed by atoms with Crippen LogP contribution in [0.5, 0.6) is 0 Å². The summed E-state index contributed by atoms with van der Waals surface area (Å²) in [5.74, 6) is -0.433. The largest absolute Gasteiger partial charge is 0.468 e. The Morgan fingerprint density at radius 1 is 1.17 bits per heavy atom. The third kappa shape index (κ3) is 4.95. The number of H-pyrrole nitrogens is 2. The summed E-state index contributed by atoms with van der Waals surface area (Å²) in [5.41, 5.74) is 3.91. The van der Waals surface area contributed by atoms with Gasteiger partial charge in [0.25, 0.3) is 5.91 Å². The Morgan fingerprint density at radius 3 is 2.86 bits per heavy atom.